The zero-order valence-electron chi connectivity index (χ0n) is 8.56. The molecule has 0 aliphatic carbocycles. The Morgan fingerprint density at radius 3 is 2.92 bits per heavy atom. The van der Waals surface area contributed by atoms with Gasteiger partial charge in [0.2, 0.25) is 0 Å². The van der Waals surface area contributed by atoms with Crippen molar-refractivity contribution in [3.63, 3.8) is 0 Å². The number of hydrogen-bond donors (Lipinski definition) is 1. The van der Waals surface area contributed by atoms with E-state index in [9.17, 15) is 0 Å². The fraction of sp³-hybridized carbons (Fsp3) is 0.500. The lowest BCUT2D eigenvalue weighted by molar-refractivity contribution is 0.717. The van der Waals surface area contributed by atoms with Gasteiger partial charge in [0.15, 0.2) is 0 Å². The van der Waals surface area contributed by atoms with Crippen LogP contribution in [0, 0.1) is 6.07 Å². The monoisotopic (exact) mass is 176 g/mol. The van der Waals surface area contributed by atoms with Crippen molar-refractivity contribution in [2.75, 3.05) is 12.4 Å². The van der Waals surface area contributed by atoms with Crippen LogP contribution in [-0.2, 0) is 6.42 Å². The predicted molar refractivity (Wildman–Crippen MR) is 58.1 cm³/mol. The summed E-state index contributed by atoms with van der Waals surface area (Å²) >= 11 is 0. The highest BCUT2D eigenvalue weighted by Gasteiger charge is 1.98. The lowest BCUT2D eigenvalue weighted by Crippen LogP contribution is -1.95. The average molecular weight is 176 g/mol. The van der Waals surface area contributed by atoms with Crippen molar-refractivity contribution in [1.82, 2.24) is 0 Å². The molecule has 0 fully saturated rings. The standard InChI is InChI=1S/C12H18N/c1-3-4-5-8-11-9-6-7-10-12(11)13-2/h6-7,10,13H,3-5,8H2,1-2H3. The second-order valence-corrected chi connectivity index (χ2v) is 3.27. The van der Waals surface area contributed by atoms with Gasteiger partial charge >= 0.3 is 0 Å². The molecule has 0 saturated heterocycles. The molecule has 13 heavy (non-hydrogen) atoms. The van der Waals surface area contributed by atoms with E-state index < -0.39 is 0 Å². The van der Waals surface area contributed by atoms with Gasteiger partial charge in [0.05, 0.1) is 0 Å². The Kier molecular flexibility index (Phi) is 4.37. The summed E-state index contributed by atoms with van der Waals surface area (Å²) in [6.45, 7) is 2.23. The Hall–Kier alpha value is -0.980. The normalized spacial score (nSPS) is 10.0. The topological polar surface area (TPSA) is 12.0 Å². The number of nitrogens with one attached hydrogen (secondary N) is 1. The SMILES string of the molecule is CCCCCc1[c]cccc1NC. The minimum absolute atomic E-state index is 1.14. The Morgan fingerprint density at radius 1 is 1.38 bits per heavy atom. The van der Waals surface area contributed by atoms with Crippen LogP contribution in [0.1, 0.15) is 31.7 Å². The third-order valence-electron chi connectivity index (χ3n) is 2.24. The van der Waals surface area contributed by atoms with Gasteiger partial charge in [-0.2, -0.15) is 0 Å². The molecule has 1 radical (unpaired) electrons. The first-order valence-electron chi connectivity index (χ1n) is 5.05. The number of rotatable bonds is 5. The van der Waals surface area contributed by atoms with E-state index in [0.717, 1.165) is 6.42 Å². The van der Waals surface area contributed by atoms with Crippen LogP contribution in [0.4, 0.5) is 5.69 Å². The van der Waals surface area contributed by atoms with Crippen LogP contribution < -0.4 is 5.32 Å². The molecule has 1 rings (SSSR count). The summed E-state index contributed by atoms with van der Waals surface area (Å²) in [5.74, 6) is 0. The van der Waals surface area contributed by atoms with Gasteiger partial charge < -0.3 is 5.32 Å². The van der Waals surface area contributed by atoms with Crippen LogP contribution in [0.15, 0.2) is 18.2 Å². The lowest BCUT2D eigenvalue weighted by atomic mass is 10.1. The molecule has 0 heterocycles. The summed E-state index contributed by atoms with van der Waals surface area (Å²) in [6, 6.07) is 9.40. The molecule has 0 unspecified atom stereocenters. The molecule has 71 valence electrons. The summed E-state index contributed by atoms with van der Waals surface area (Å²) in [5, 5.41) is 3.19. The minimum Gasteiger partial charge on any atom is -0.388 e. The van der Waals surface area contributed by atoms with Crippen LogP contribution in [0.3, 0.4) is 0 Å². The van der Waals surface area contributed by atoms with Gasteiger partial charge in [-0.1, -0.05) is 31.9 Å². The Bertz CT molecular complexity index is 243. The highest BCUT2D eigenvalue weighted by Crippen LogP contribution is 2.16. The molecule has 1 aromatic rings. The summed E-state index contributed by atoms with van der Waals surface area (Å²) in [4.78, 5) is 0. The van der Waals surface area contributed by atoms with Crippen molar-refractivity contribution in [1.29, 1.82) is 0 Å². The molecule has 1 heteroatoms. The number of anilines is 1. The Morgan fingerprint density at radius 2 is 2.23 bits per heavy atom. The Balaban J connectivity index is 2.54. The fourth-order valence-corrected chi connectivity index (χ4v) is 1.46. The molecule has 1 N–H and O–H groups in total. The third kappa shape index (κ3) is 3.10. The van der Waals surface area contributed by atoms with Crippen LogP contribution in [-0.4, -0.2) is 7.05 Å². The summed E-state index contributed by atoms with van der Waals surface area (Å²) in [6.07, 6.45) is 5.00. The highest BCUT2D eigenvalue weighted by atomic mass is 14.8. The zero-order valence-corrected chi connectivity index (χ0v) is 8.56. The highest BCUT2D eigenvalue weighted by molar-refractivity contribution is 5.49. The van der Waals surface area contributed by atoms with Gasteiger partial charge in [-0.05, 0) is 30.5 Å². The van der Waals surface area contributed by atoms with Crippen molar-refractivity contribution >= 4 is 5.69 Å². The molecule has 0 aromatic heterocycles. The maximum Gasteiger partial charge on any atom is 0.0376 e. The van der Waals surface area contributed by atoms with E-state index in [-0.39, 0.29) is 0 Å². The molecular formula is C12H18N. The van der Waals surface area contributed by atoms with E-state index in [0.29, 0.717) is 0 Å². The molecule has 1 aromatic carbocycles. The predicted octanol–water partition coefficient (Wildman–Crippen LogP) is 3.26. The largest absolute Gasteiger partial charge is 0.388 e. The smallest absolute Gasteiger partial charge is 0.0376 e. The summed E-state index contributed by atoms with van der Waals surface area (Å²) in [5.41, 5.74) is 2.54. The Labute approximate surface area is 81.2 Å². The van der Waals surface area contributed by atoms with Gasteiger partial charge in [0.25, 0.3) is 0 Å². The minimum atomic E-state index is 1.14. The third-order valence-corrected chi connectivity index (χ3v) is 2.24. The van der Waals surface area contributed by atoms with E-state index >= 15 is 0 Å². The first-order chi connectivity index (χ1) is 6.38. The molecule has 0 saturated carbocycles. The van der Waals surface area contributed by atoms with Gasteiger partial charge in [-0.25, -0.2) is 0 Å². The number of aryl methyl sites for hydroxylation is 1. The van der Waals surface area contributed by atoms with Crippen LogP contribution in [0.25, 0.3) is 0 Å². The number of hydrogen-bond acceptors (Lipinski definition) is 1. The van der Waals surface area contributed by atoms with Crippen molar-refractivity contribution in [3.05, 3.63) is 29.8 Å². The van der Waals surface area contributed by atoms with Crippen molar-refractivity contribution in [3.8, 4) is 0 Å². The average Bonchev–Trinajstić information content (AvgIpc) is 2.19. The molecule has 0 aliphatic rings. The van der Waals surface area contributed by atoms with E-state index in [1.165, 1.54) is 30.5 Å². The molecular weight excluding hydrogens is 158 g/mol. The number of benzene rings is 1. The molecule has 0 aliphatic heterocycles. The molecule has 0 amide bonds. The van der Waals surface area contributed by atoms with Crippen molar-refractivity contribution < 1.29 is 0 Å². The molecule has 0 atom stereocenters. The van der Waals surface area contributed by atoms with Crippen LogP contribution in [0.5, 0.6) is 0 Å². The van der Waals surface area contributed by atoms with Gasteiger partial charge in [-0.3, -0.25) is 0 Å². The maximum absolute atomic E-state index is 3.28. The second-order valence-electron chi connectivity index (χ2n) is 3.27. The van der Waals surface area contributed by atoms with Crippen LogP contribution >= 0.6 is 0 Å². The van der Waals surface area contributed by atoms with Gasteiger partial charge in [-0.15, -0.1) is 0 Å². The molecule has 0 spiro atoms. The quantitative estimate of drug-likeness (QED) is 0.679. The lowest BCUT2D eigenvalue weighted by Gasteiger charge is -2.07. The second kappa shape index (κ2) is 5.63. The van der Waals surface area contributed by atoms with Gasteiger partial charge in [0, 0.05) is 12.7 Å². The first kappa shape index (κ1) is 10.1. The van der Waals surface area contributed by atoms with E-state index in [4.69, 9.17) is 0 Å². The summed E-state index contributed by atoms with van der Waals surface area (Å²) in [7, 11) is 1.96. The maximum atomic E-state index is 3.28. The molecule has 0 bridgehead atoms. The van der Waals surface area contributed by atoms with E-state index in [1.54, 1.807) is 0 Å². The van der Waals surface area contributed by atoms with E-state index in [1.807, 2.05) is 19.2 Å². The zero-order chi connectivity index (χ0) is 9.52. The number of unbranched alkanes of at least 4 members (excludes halogenated alkanes) is 2. The molecule has 1 nitrogen and oxygen atoms in total. The summed E-state index contributed by atoms with van der Waals surface area (Å²) < 4.78 is 0. The van der Waals surface area contributed by atoms with Crippen molar-refractivity contribution in [2.45, 2.75) is 32.6 Å². The first-order valence-corrected chi connectivity index (χ1v) is 5.05. The van der Waals surface area contributed by atoms with Gasteiger partial charge in [0.1, 0.15) is 0 Å². The van der Waals surface area contributed by atoms with Crippen molar-refractivity contribution in [2.24, 2.45) is 0 Å². The van der Waals surface area contributed by atoms with Crippen LogP contribution in [0.2, 0.25) is 0 Å². The fourth-order valence-electron chi connectivity index (χ4n) is 1.46. The van der Waals surface area contributed by atoms with E-state index in [2.05, 4.69) is 24.4 Å².